The van der Waals surface area contributed by atoms with Crippen LogP contribution in [-0.2, 0) is 17.9 Å². The zero-order valence-electron chi connectivity index (χ0n) is 12.6. The number of amides is 1. The van der Waals surface area contributed by atoms with Gasteiger partial charge >= 0.3 is 6.09 Å². The summed E-state index contributed by atoms with van der Waals surface area (Å²) in [7, 11) is 0. The van der Waals surface area contributed by atoms with Crippen LogP contribution in [0.4, 0.5) is 4.79 Å². The molecule has 3 aromatic rings. The summed E-state index contributed by atoms with van der Waals surface area (Å²) >= 11 is 3.46. The number of fused-ring (bicyclic) bond motifs is 1. The number of carbonyl (C=O) groups is 1. The number of nitrogens with zero attached hydrogens (tertiary/aromatic N) is 2. The van der Waals surface area contributed by atoms with Gasteiger partial charge in [0.1, 0.15) is 12.3 Å². The van der Waals surface area contributed by atoms with Gasteiger partial charge in [-0.2, -0.15) is 0 Å². The fourth-order valence-corrected chi connectivity index (χ4v) is 2.86. The van der Waals surface area contributed by atoms with E-state index in [0.717, 1.165) is 26.9 Å². The Kier molecular flexibility index (Phi) is 4.62. The van der Waals surface area contributed by atoms with Crippen molar-refractivity contribution in [1.82, 2.24) is 14.7 Å². The van der Waals surface area contributed by atoms with Crippen molar-refractivity contribution in [2.75, 3.05) is 0 Å². The fourth-order valence-electron chi connectivity index (χ4n) is 2.30. The summed E-state index contributed by atoms with van der Waals surface area (Å²) in [5, 5.41) is 2.72. The van der Waals surface area contributed by atoms with E-state index < -0.39 is 6.09 Å². The van der Waals surface area contributed by atoms with Crippen LogP contribution in [0.2, 0.25) is 0 Å². The highest BCUT2D eigenvalue weighted by molar-refractivity contribution is 9.10. The normalized spacial score (nSPS) is 10.7. The molecule has 0 radical (unpaired) electrons. The maximum atomic E-state index is 11.8. The summed E-state index contributed by atoms with van der Waals surface area (Å²) in [6, 6.07) is 11.6. The molecule has 1 N–H and O–H groups in total. The lowest BCUT2D eigenvalue weighted by Gasteiger charge is -2.05. The van der Waals surface area contributed by atoms with E-state index in [0.29, 0.717) is 6.54 Å². The van der Waals surface area contributed by atoms with Crippen molar-refractivity contribution in [3.63, 3.8) is 0 Å². The Bertz CT molecular complexity index is 830. The minimum Gasteiger partial charge on any atom is -0.445 e. The highest BCUT2D eigenvalue weighted by atomic mass is 79.9. The van der Waals surface area contributed by atoms with Crippen LogP contribution in [0.15, 0.2) is 53.3 Å². The molecule has 3 rings (SSSR count). The largest absolute Gasteiger partial charge is 0.445 e. The van der Waals surface area contributed by atoms with Gasteiger partial charge in [0.05, 0.1) is 12.2 Å². The molecule has 0 fully saturated rings. The molecular weight excluding hydrogens is 358 g/mol. The van der Waals surface area contributed by atoms with Crippen LogP contribution in [-0.4, -0.2) is 15.5 Å². The van der Waals surface area contributed by atoms with E-state index in [2.05, 4.69) is 26.2 Å². The van der Waals surface area contributed by atoms with E-state index in [-0.39, 0.29) is 6.61 Å². The number of hydrogen-bond donors (Lipinski definition) is 1. The zero-order chi connectivity index (χ0) is 16.2. The second kappa shape index (κ2) is 6.83. The lowest BCUT2D eigenvalue weighted by Crippen LogP contribution is -2.23. The van der Waals surface area contributed by atoms with E-state index in [1.165, 1.54) is 0 Å². The smallest absolute Gasteiger partial charge is 0.407 e. The molecule has 1 amide bonds. The van der Waals surface area contributed by atoms with E-state index >= 15 is 0 Å². The van der Waals surface area contributed by atoms with Crippen LogP contribution in [0.25, 0.3) is 5.65 Å². The van der Waals surface area contributed by atoms with Gasteiger partial charge in [-0.05, 0) is 40.0 Å². The predicted molar refractivity (Wildman–Crippen MR) is 91.1 cm³/mol. The van der Waals surface area contributed by atoms with Crippen molar-refractivity contribution < 1.29 is 9.53 Å². The molecule has 0 aliphatic heterocycles. The number of carbonyl (C=O) groups excluding carboxylic acids is 1. The third-order valence-corrected chi connectivity index (χ3v) is 3.81. The van der Waals surface area contributed by atoms with Crippen LogP contribution >= 0.6 is 15.9 Å². The van der Waals surface area contributed by atoms with Gasteiger partial charge in [0.15, 0.2) is 0 Å². The van der Waals surface area contributed by atoms with Crippen molar-refractivity contribution >= 4 is 27.7 Å². The van der Waals surface area contributed by atoms with Crippen LogP contribution < -0.4 is 5.32 Å². The number of nitrogens with one attached hydrogen (secondary N) is 1. The lowest BCUT2D eigenvalue weighted by atomic mass is 10.2. The first-order chi connectivity index (χ1) is 11.1. The number of benzene rings is 1. The number of ether oxygens (including phenoxy) is 1. The minimum absolute atomic E-state index is 0.254. The molecule has 0 bridgehead atoms. The summed E-state index contributed by atoms with van der Waals surface area (Å²) in [5.74, 6) is 0. The summed E-state index contributed by atoms with van der Waals surface area (Å²) in [4.78, 5) is 16.3. The van der Waals surface area contributed by atoms with Crippen molar-refractivity contribution in [2.45, 2.75) is 20.1 Å². The van der Waals surface area contributed by atoms with Gasteiger partial charge in [-0.25, -0.2) is 9.78 Å². The van der Waals surface area contributed by atoms with Crippen LogP contribution in [0.3, 0.4) is 0 Å². The first-order valence-corrected chi connectivity index (χ1v) is 7.99. The molecule has 0 atom stereocenters. The predicted octanol–water partition coefficient (Wildman–Crippen LogP) is 3.83. The van der Waals surface area contributed by atoms with E-state index in [1.54, 1.807) is 0 Å². The molecule has 0 aliphatic rings. The molecule has 2 heterocycles. The van der Waals surface area contributed by atoms with Gasteiger partial charge in [-0.3, -0.25) is 0 Å². The average molecular weight is 374 g/mol. The summed E-state index contributed by atoms with van der Waals surface area (Å²) in [6.45, 7) is 2.58. The summed E-state index contributed by atoms with van der Waals surface area (Å²) < 4.78 is 8.10. The number of pyridine rings is 1. The van der Waals surface area contributed by atoms with Crippen molar-refractivity contribution in [3.05, 3.63) is 70.1 Å². The third-order valence-electron chi connectivity index (χ3n) is 3.38. The van der Waals surface area contributed by atoms with Crippen molar-refractivity contribution in [2.24, 2.45) is 0 Å². The monoisotopic (exact) mass is 373 g/mol. The molecule has 0 spiro atoms. The molecule has 118 valence electrons. The number of aryl methyl sites for hydroxylation is 1. The molecule has 2 aromatic heterocycles. The Hall–Kier alpha value is -2.34. The number of imidazole rings is 1. The number of aromatic nitrogens is 2. The molecule has 6 heteroatoms. The van der Waals surface area contributed by atoms with Gasteiger partial charge in [0, 0.05) is 16.9 Å². The SMILES string of the molecule is Cc1cc(Br)cn2cc(CNC(=O)OCc3ccccc3)nc12. The van der Waals surface area contributed by atoms with E-state index in [4.69, 9.17) is 4.74 Å². The zero-order valence-corrected chi connectivity index (χ0v) is 14.2. The highest BCUT2D eigenvalue weighted by Gasteiger charge is 2.08. The Morgan fingerprint density at radius 2 is 2.09 bits per heavy atom. The summed E-state index contributed by atoms with van der Waals surface area (Å²) in [6.07, 6.45) is 3.38. The topological polar surface area (TPSA) is 55.6 Å². The van der Waals surface area contributed by atoms with Gasteiger partial charge in [0.25, 0.3) is 0 Å². The van der Waals surface area contributed by atoms with Gasteiger partial charge in [-0.15, -0.1) is 0 Å². The van der Waals surface area contributed by atoms with Crippen molar-refractivity contribution in [1.29, 1.82) is 0 Å². The maximum absolute atomic E-state index is 11.8. The molecule has 0 saturated carbocycles. The second-order valence-electron chi connectivity index (χ2n) is 5.22. The molecular formula is C17H16BrN3O2. The first kappa shape index (κ1) is 15.6. The number of alkyl carbamates (subject to hydrolysis) is 1. The molecule has 0 saturated heterocycles. The molecule has 0 unspecified atom stereocenters. The maximum Gasteiger partial charge on any atom is 0.407 e. The standard InChI is InChI=1S/C17H16BrN3O2/c1-12-7-14(18)9-21-10-15(20-16(12)21)8-19-17(22)23-11-13-5-3-2-4-6-13/h2-7,9-10H,8,11H2,1H3,(H,19,22). The van der Waals surface area contributed by atoms with Crippen LogP contribution in [0.5, 0.6) is 0 Å². The molecule has 5 nitrogen and oxygen atoms in total. The molecule has 1 aromatic carbocycles. The van der Waals surface area contributed by atoms with E-state index in [9.17, 15) is 4.79 Å². The quantitative estimate of drug-likeness (QED) is 0.755. The Morgan fingerprint density at radius 1 is 1.30 bits per heavy atom. The fraction of sp³-hybridized carbons (Fsp3) is 0.176. The number of halogens is 1. The summed E-state index contributed by atoms with van der Waals surface area (Å²) in [5.41, 5.74) is 3.68. The van der Waals surface area contributed by atoms with Gasteiger partial charge in [-0.1, -0.05) is 30.3 Å². The first-order valence-electron chi connectivity index (χ1n) is 7.20. The Morgan fingerprint density at radius 3 is 2.87 bits per heavy atom. The second-order valence-corrected chi connectivity index (χ2v) is 6.14. The molecule has 23 heavy (non-hydrogen) atoms. The van der Waals surface area contributed by atoms with Crippen molar-refractivity contribution in [3.8, 4) is 0 Å². The van der Waals surface area contributed by atoms with Gasteiger partial charge in [0.2, 0.25) is 0 Å². The number of hydrogen-bond acceptors (Lipinski definition) is 3. The highest BCUT2D eigenvalue weighted by Crippen LogP contribution is 2.17. The lowest BCUT2D eigenvalue weighted by molar-refractivity contribution is 0.139. The van der Waals surface area contributed by atoms with Gasteiger partial charge < -0.3 is 14.5 Å². The average Bonchev–Trinajstić information content (AvgIpc) is 2.95. The molecule has 0 aliphatic carbocycles. The van der Waals surface area contributed by atoms with Crippen LogP contribution in [0, 0.1) is 6.92 Å². The Balaban J connectivity index is 1.57. The number of rotatable bonds is 4. The van der Waals surface area contributed by atoms with Crippen LogP contribution in [0.1, 0.15) is 16.8 Å². The Labute approximate surface area is 142 Å². The minimum atomic E-state index is -0.455. The third kappa shape index (κ3) is 3.90. The van der Waals surface area contributed by atoms with E-state index in [1.807, 2.05) is 60.1 Å².